The van der Waals surface area contributed by atoms with Crippen LogP contribution in [0.15, 0.2) is 30.3 Å². The zero-order valence-electron chi connectivity index (χ0n) is 18.0. The lowest BCUT2D eigenvalue weighted by atomic mass is 9.93. The van der Waals surface area contributed by atoms with E-state index >= 15 is 0 Å². The topological polar surface area (TPSA) is 99.3 Å². The first-order chi connectivity index (χ1) is 15.8. The van der Waals surface area contributed by atoms with E-state index in [1.165, 1.54) is 37.4 Å². The van der Waals surface area contributed by atoms with Crippen LogP contribution in [0.25, 0.3) is 11.0 Å². The number of carbonyl (C=O) groups excluding carboxylic acids is 1. The molecular weight excluding hydrogens is 437 g/mol. The summed E-state index contributed by atoms with van der Waals surface area (Å²) in [7, 11) is 1.24. The maximum Gasteiger partial charge on any atom is 0.315 e. The Morgan fingerprint density at radius 3 is 2.67 bits per heavy atom. The number of urea groups is 1. The fourth-order valence-electron chi connectivity index (χ4n) is 4.09. The number of nitrogens with one attached hydrogen (secondary N) is 3. The number of imidazole rings is 1. The molecule has 7 nitrogen and oxygen atoms in total. The number of rotatable bonds is 6. The van der Waals surface area contributed by atoms with Gasteiger partial charge in [-0.25, -0.2) is 18.6 Å². The molecule has 176 valence electrons. The van der Waals surface area contributed by atoms with Gasteiger partial charge in [0.05, 0.1) is 30.3 Å². The number of aliphatic hydroxyl groups is 1. The quantitative estimate of drug-likeness (QED) is 0.447. The summed E-state index contributed by atoms with van der Waals surface area (Å²) in [6.07, 6.45) is 2.01. The fraction of sp³-hybridized carbons (Fsp3) is 0.391. The van der Waals surface area contributed by atoms with E-state index < -0.39 is 29.5 Å². The van der Waals surface area contributed by atoms with Gasteiger partial charge in [-0.1, -0.05) is 6.07 Å². The molecule has 1 aliphatic rings. The lowest BCUT2D eigenvalue weighted by Gasteiger charge is -2.27. The van der Waals surface area contributed by atoms with E-state index in [1.54, 1.807) is 0 Å². The van der Waals surface area contributed by atoms with Gasteiger partial charge in [0.25, 0.3) is 0 Å². The van der Waals surface area contributed by atoms with Crippen molar-refractivity contribution in [2.75, 3.05) is 7.11 Å². The molecule has 2 amide bonds. The third-order valence-electron chi connectivity index (χ3n) is 5.90. The van der Waals surface area contributed by atoms with E-state index in [1.807, 2.05) is 0 Å². The standard InChI is InChI=1S/C23H25F3N4O3/c1-33-19-9-2-12(20(25)21(19)26)10-18(22-28-16-8-3-13(24)11-17(16)29-22)30-23(32)27-14-4-6-15(31)7-5-14/h2-3,8-9,11,14-15,18,31H,4-7,10H2,1H3,(H,28,29)(H2,27,30,32). The first kappa shape index (κ1) is 22.9. The molecule has 1 saturated carbocycles. The van der Waals surface area contributed by atoms with Gasteiger partial charge in [0.2, 0.25) is 5.82 Å². The molecule has 0 saturated heterocycles. The summed E-state index contributed by atoms with van der Waals surface area (Å²) >= 11 is 0. The van der Waals surface area contributed by atoms with Gasteiger partial charge in [0.1, 0.15) is 11.6 Å². The van der Waals surface area contributed by atoms with Crippen LogP contribution in [0.4, 0.5) is 18.0 Å². The lowest BCUT2D eigenvalue weighted by Crippen LogP contribution is -2.45. The van der Waals surface area contributed by atoms with Crippen LogP contribution < -0.4 is 15.4 Å². The molecular formula is C23H25F3N4O3. The Balaban J connectivity index is 1.59. The summed E-state index contributed by atoms with van der Waals surface area (Å²) in [6.45, 7) is 0. The second-order valence-electron chi connectivity index (χ2n) is 8.22. The second kappa shape index (κ2) is 9.70. The van der Waals surface area contributed by atoms with Crippen molar-refractivity contribution in [1.82, 2.24) is 20.6 Å². The molecule has 3 aromatic rings. The summed E-state index contributed by atoms with van der Waals surface area (Å²) in [5.41, 5.74) is 0.909. The zero-order valence-corrected chi connectivity index (χ0v) is 18.0. The number of H-pyrrole nitrogens is 1. The minimum absolute atomic E-state index is 0.0195. The maximum atomic E-state index is 14.6. The van der Waals surface area contributed by atoms with Crippen molar-refractivity contribution in [3.05, 3.63) is 59.2 Å². The highest BCUT2D eigenvalue weighted by Crippen LogP contribution is 2.27. The number of halogens is 3. The number of benzene rings is 2. The first-order valence-electron chi connectivity index (χ1n) is 10.7. The lowest BCUT2D eigenvalue weighted by molar-refractivity contribution is 0.117. The summed E-state index contributed by atoms with van der Waals surface area (Å²) < 4.78 is 47.3. The first-order valence-corrected chi connectivity index (χ1v) is 10.7. The molecule has 1 unspecified atom stereocenters. The van der Waals surface area contributed by atoms with E-state index in [4.69, 9.17) is 4.74 Å². The summed E-state index contributed by atoms with van der Waals surface area (Å²) in [5.74, 6) is -2.61. The zero-order chi connectivity index (χ0) is 23.5. The van der Waals surface area contributed by atoms with E-state index in [-0.39, 0.29) is 35.7 Å². The highest BCUT2D eigenvalue weighted by atomic mass is 19.2. The van der Waals surface area contributed by atoms with Gasteiger partial charge in [0, 0.05) is 18.5 Å². The van der Waals surface area contributed by atoms with Crippen molar-refractivity contribution in [3.63, 3.8) is 0 Å². The molecule has 0 bridgehead atoms. The van der Waals surface area contributed by atoms with Gasteiger partial charge in [-0.2, -0.15) is 4.39 Å². The highest BCUT2D eigenvalue weighted by molar-refractivity contribution is 5.76. The third kappa shape index (κ3) is 5.22. The number of ether oxygens (including phenoxy) is 1. The number of nitrogens with zero attached hydrogens (tertiary/aromatic N) is 1. The minimum atomic E-state index is -1.12. The molecule has 10 heteroatoms. The van der Waals surface area contributed by atoms with Gasteiger partial charge in [-0.3, -0.25) is 0 Å². The number of aromatic amines is 1. The Morgan fingerprint density at radius 1 is 1.18 bits per heavy atom. The molecule has 0 spiro atoms. The summed E-state index contributed by atoms with van der Waals surface area (Å²) in [5, 5.41) is 15.3. The number of hydrogen-bond donors (Lipinski definition) is 4. The number of amides is 2. The predicted octanol–water partition coefficient (Wildman–Crippen LogP) is 3.88. The number of methoxy groups -OCH3 is 1. The van der Waals surface area contributed by atoms with Crippen molar-refractivity contribution in [1.29, 1.82) is 0 Å². The third-order valence-corrected chi connectivity index (χ3v) is 5.90. The Kier molecular flexibility index (Phi) is 6.73. The second-order valence-corrected chi connectivity index (χ2v) is 8.22. The van der Waals surface area contributed by atoms with Crippen LogP contribution in [-0.2, 0) is 6.42 Å². The molecule has 1 aliphatic carbocycles. The normalized spacial score (nSPS) is 19.3. The molecule has 4 rings (SSSR count). The van der Waals surface area contributed by atoms with Crippen LogP contribution in [-0.4, -0.2) is 40.4 Å². The fourth-order valence-corrected chi connectivity index (χ4v) is 4.09. The highest BCUT2D eigenvalue weighted by Gasteiger charge is 2.25. The van der Waals surface area contributed by atoms with E-state index in [2.05, 4.69) is 20.6 Å². The molecule has 0 aliphatic heterocycles. The van der Waals surface area contributed by atoms with Gasteiger partial charge < -0.3 is 25.5 Å². The average molecular weight is 462 g/mol. The molecule has 4 N–H and O–H groups in total. The van der Waals surface area contributed by atoms with Crippen molar-refractivity contribution in [3.8, 4) is 5.75 Å². The maximum absolute atomic E-state index is 14.6. The van der Waals surface area contributed by atoms with Crippen molar-refractivity contribution in [2.45, 2.75) is 50.3 Å². The molecule has 33 heavy (non-hydrogen) atoms. The van der Waals surface area contributed by atoms with Gasteiger partial charge in [-0.15, -0.1) is 0 Å². The van der Waals surface area contributed by atoms with Crippen molar-refractivity contribution < 1.29 is 27.8 Å². The predicted molar refractivity (Wildman–Crippen MR) is 115 cm³/mol. The Bertz CT molecular complexity index is 1150. The largest absolute Gasteiger partial charge is 0.494 e. The van der Waals surface area contributed by atoms with Crippen molar-refractivity contribution >= 4 is 17.1 Å². The van der Waals surface area contributed by atoms with Crippen LogP contribution >= 0.6 is 0 Å². The number of aromatic nitrogens is 2. The molecule has 1 fully saturated rings. The molecule has 1 heterocycles. The number of aliphatic hydroxyl groups excluding tert-OH is 1. The average Bonchev–Trinajstić information content (AvgIpc) is 3.21. The summed E-state index contributed by atoms with van der Waals surface area (Å²) in [6, 6.07) is 5.27. The van der Waals surface area contributed by atoms with Crippen LogP contribution in [0.5, 0.6) is 5.75 Å². The van der Waals surface area contributed by atoms with Gasteiger partial charge >= 0.3 is 6.03 Å². The van der Waals surface area contributed by atoms with Gasteiger partial charge in [-0.05, 0) is 49.4 Å². The van der Waals surface area contributed by atoms with E-state index in [0.717, 1.165) is 0 Å². The number of hydrogen-bond acceptors (Lipinski definition) is 4. The molecule has 1 aromatic heterocycles. The molecule has 2 aromatic carbocycles. The number of carbonyl (C=O) groups is 1. The SMILES string of the molecule is COc1ccc(CC(NC(=O)NC2CCC(O)CC2)c2nc3cc(F)ccc3[nH]2)c(F)c1F. The van der Waals surface area contributed by atoms with Crippen LogP contribution in [0.2, 0.25) is 0 Å². The van der Waals surface area contributed by atoms with Crippen LogP contribution in [0.1, 0.15) is 43.1 Å². The van der Waals surface area contributed by atoms with Crippen LogP contribution in [0, 0.1) is 17.5 Å². The number of fused-ring (bicyclic) bond motifs is 1. The molecule has 1 atom stereocenters. The smallest absolute Gasteiger partial charge is 0.315 e. The van der Waals surface area contributed by atoms with E-state index in [9.17, 15) is 23.1 Å². The molecule has 0 radical (unpaired) electrons. The Hall–Kier alpha value is -3.27. The minimum Gasteiger partial charge on any atom is -0.494 e. The van der Waals surface area contributed by atoms with Gasteiger partial charge in [0.15, 0.2) is 11.6 Å². The van der Waals surface area contributed by atoms with Crippen molar-refractivity contribution in [2.24, 2.45) is 0 Å². The van der Waals surface area contributed by atoms with E-state index in [0.29, 0.717) is 36.7 Å². The monoisotopic (exact) mass is 462 g/mol. The Labute approximate surface area is 188 Å². The summed E-state index contributed by atoms with van der Waals surface area (Å²) in [4.78, 5) is 20.1. The Morgan fingerprint density at radius 2 is 1.94 bits per heavy atom. The van der Waals surface area contributed by atoms with Crippen LogP contribution in [0.3, 0.4) is 0 Å².